The normalized spacial score (nSPS) is 14.3. The molecule has 2 atom stereocenters. The van der Waals surface area contributed by atoms with Crippen molar-refractivity contribution in [3.05, 3.63) is 29.3 Å². The Morgan fingerprint density at radius 3 is 2.63 bits per heavy atom. The first kappa shape index (κ1) is 16.0. The number of unbranched alkanes of at least 4 members (excludes halogenated alkanes) is 1. The van der Waals surface area contributed by atoms with Crippen molar-refractivity contribution < 1.29 is 5.11 Å². The van der Waals surface area contributed by atoms with Gasteiger partial charge in [0.05, 0.1) is 0 Å². The monoisotopic (exact) mass is 263 g/mol. The van der Waals surface area contributed by atoms with Gasteiger partial charge in [-0.2, -0.15) is 0 Å². The van der Waals surface area contributed by atoms with Gasteiger partial charge in [-0.05, 0) is 38.8 Å². The van der Waals surface area contributed by atoms with Crippen LogP contribution in [0.2, 0.25) is 0 Å². The van der Waals surface area contributed by atoms with E-state index in [1.54, 1.807) is 6.07 Å². The molecule has 0 heterocycles. The van der Waals surface area contributed by atoms with Crippen LogP contribution in [-0.4, -0.2) is 11.7 Å². The van der Waals surface area contributed by atoms with Crippen LogP contribution in [0.25, 0.3) is 0 Å². The number of aromatic hydroxyl groups is 1. The Hall–Kier alpha value is -1.02. The Labute approximate surface area is 118 Å². The molecule has 0 fully saturated rings. The summed E-state index contributed by atoms with van der Waals surface area (Å²) in [6.45, 7) is 9.72. The largest absolute Gasteiger partial charge is 0.508 e. The number of nitrogens with one attached hydrogen (secondary N) is 1. The minimum absolute atomic E-state index is 0.204. The van der Waals surface area contributed by atoms with Gasteiger partial charge in [0, 0.05) is 11.6 Å². The van der Waals surface area contributed by atoms with Crippen LogP contribution in [0.1, 0.15) is 63.6 Å². The zero-order valence-electron chi connectivity index (χ0n) is 12.9. The highest BCUT2D eigenvalue weighted by Crippen LogP contribution is 2.25. The van der Waals surface area contributed by atoms with E-state index < -0.39 is 0 Å². The summed E-state index contributed by atoms with van der Waals surface area (Å²) in [5, 5.41) is 13.5. The summed E-state index contributed by atoms with van der Waals surface area (Å²) in [7, 11) is 0. The lowest BCUT2D eigenvalue weighted by Gasteiger charge is -2.21. The maximum atomic E-state index is 9.93. The standard InChI is InChI=1S/C17H29NO/c1-5-7-8-15(6-2)12-18-14(4)16-11-13(3)9-10-17(16)19/h9-11,14-15,18-19H,5-8,12H2,1-4H3. The lowest BCUT2D eigenvalue weighted by molar-refractivity contribution is 0.391. The van der Waals surface area contributed by atoms with Crippen molar-refractivity contribution >= 4 is 0 Å². The molecule has 2 unspecified atom stereocenters. The molecule has 2 heteroatoms. The highest BCUT2D eigenvalue weighted by molar-refractivity contribution is 5.37. The Morgan fingerprint density at radius 2 is 2.00 bits per heavy atom. The van der Waals surface area contributed by atoms with Crippen LogP contribution < -0.4 is 5.32 Å². The molecule has 1 aromatic rings. The molecule has 0 aliphatic rings. The number of hydrogen-bond donors (Lipinski definition) is 2. The molecule has 2 nitrogen and oxygen atoms in total. The van der Waals surface area contributed by atoms with E-state index in [2.05, 4.69) is 39.1 Å². The number of aryl methyl sites for hydroxylation is 1. The van der Waals surface area contributed by atoms with E-state index in [4.69, 9.17) is 0 Å². The van der Waals surface area contributed by atoms with Gasteiger partial charge in [-0.1, -0.05) is 50.8 Å². The SMILES string of the molecule is CCCCC(CC)CNC(C)c1cc(C)ccc1O. The fourth-order valence-corrected chi connectivity index (χ4v) is 2.42. The molecule has 0 radical (unpaired) electrons. The Balaban J connectivity index is 2.54. The molecule has 19 heavy (non-hydrogen) atoms. The van der Waals surface area contributed by atoms with Gasteiger partial charge < -0.3 is 10.4 Å². The van der Waals surface area contributed by atoms with E-state index >= 15 is 0 Å². The minimum atomic E-state index is 0.204. The minimum Gasteiger partial charge on any atom is -0.508 e. The van der Waals surface area contributed by atoms with E-state index in [9.17, 15) is 5.11 Å². The summed E-state index contributed by atoms with van der Waals surface area (Å²) >= 11 is 0. The van der Waals surface area contributed by atoms with Gasteiger partial charge in [0.25, 0.3) is 0 Å². The van der Waals surface area contributed by atoms with Gasteiger partial charge in [-0.15, -0.1) is 0 Å². The summed E-state index contributed by atoms with van der Waals surface area (Å²) in [4.78, 5) is 0. The average molecular weight is 263 g/mol. The van der Waals surface area contributed by atoms with Crippen molar-refractivity contribution in [2.45, 2.75) is 59.4 Å². The fraction of sp³-hybridized carbons (Fsp3) is 0.647. The van der Waals surface area contributed by atoms with Crippen molar-refractivity contribution in [2.24, 2.45) is 5.92 Å². The van der Waals surface area contributed by atoms with Crippen molar-refractivity contribution in [1.82, 2.24) is 5.32 Å². The number of rotatable bonds is 8. The molecule has 1 aromatic carbocycles. The van der Waals surface area contributed by atoms with Gasteiger partial charge in [0.2, 0.25) is 0 Å². The van der Waals surface area contributed by atoms with Gasteiger partial charge >= 0.3 is 0 Å². The summed E-state index contributed by atoms with van der Waals surface area (Å²) in [6, 6.07) is 6.01. The Bertz CT molecular complexity index is 376. The maximum Gasteiger partial charge on any atom is 0.120 e. The van der Waals surface area contributed by atoms with Gasteiger partial charge in [0.1, 0.15) is 5.75 Å². The molecule has 0 aromatic heterocycles. The predicted molar refractivity (Wildman–Crippen MR) is 82.6 cm³/mol. The van der Waals surface area contributed by atoms with Crippen molar-refractivity contribution in [2.75, 3.05) is 6.54 Å². The van der Waals surface area contributed by atoms with Gasteiger partial charge in [0.15, 0.2) is 0 Å². The van der Waals surface area contributed by atoms with Crippen molar-refractivity contribution in [3.8, 4) is 5.75 Å². The molecule has 1 rings (SSSR count). The second-order valence-electron chi connectivity index (χ2n) is 5.61. The molecule has 0 aliphatic carbocycles. The number of benzene rings is 1. The van der Waals surface area contributed by atoms with Gasteiger partial charge in [-0.25, -0.2) is 0 Å². The molecule has 0 saturated heterocycles. The van der Waals surface area contributed by atoms with Gasteiger partial charge in [-0.3, -0.25) is 0 Å². The highest BCUT2D eigenvalue weighted by atomic mass is 16.3. The average Bonchev–Trinajstić information content (AvgIpc) is 2.41. The van der Waals surface area contributed by atoms with Crippen LogP contribution in [0.3, 0.4) is 0 Å². The fourth-order valence-electron chi connectivity index (χ4n) is 2.42. The van der Waals surface area contributed by atoms with Crippen LogP contribution in [0.4, 0.5) is 0 Å². The third kappa shape index (κ3) is 5.23. The van der Waals surface area contributed by atoms with E-state index in [-0.39, 0.29) is 6.04 Å². The van der Waals surface area contributed by atoms with Crippen molar-refractivity contribution in [1.29, 1.82) is 0 Å². The van der Waals surface area contributed by atoms with Crippen LogP contribution in [0, 0.1) is 12.8 Å². The molecular weight excluding hydrogens is 234 g/mol. The Kier molecular flexibility index (Phi) is 6.93. The topological polar surface area (TPSA) is 32.3 Å². The lowest BCUT2D eigenvalue weighted by atomic mass is 9.98. The van der Waals surface area contributed by atoms with Crippen LogP contribution >= 0.6 is 0 Å². The third-order valence-corrected chi connectivity index (χ3v) is 3.91. The summed E-state index contributed by atoms with van der Waals surface area (Å²) in [5.41, 5.74) is 2.20. The summed E-state index contributed by atoms with van der Waals surface area (Å²) < 4.78 is 0. The maximum absolute atomic E-state index is 9.93. The first-order valence-corrected chi connectivity index (χ1v) is 7.61. The van der Waals surface area contributed by atoms with Crippen LogP contribution in [-0.2, 0) is 0 Å². The first-order chi connectivity index (χ1) is 9.08. The molecular formula is C17H29NO. The van der Waals surface area contributed by atoms with Crippen LogP contribution in [0.5, 0.6) is 5.75 Å². The van der Waals surface area contributed by atoms with Crippen molar-refractivity contribution in [3.63, 3.8) is 0 Å². The summed E-state index contributed by atoms with van der Waals surface area (Å²) in [6.07, 6.45) is 5.10. The molecule has 108 valence electrons. The smallest absolute Gasteiger partial charge is 0.120 e. The quantitative estimate of drug-likeness (QED) is 0.720. The zero-order chi connectivity index (χ0) is 14.3. The highest BCUT2D eigenvalue weighted by Gasteiger charge is 2.12. The lowest BCUT2D eigenvalue weighted by Crippen LogP contribution is -2.25. The number of hydrogen-bond acceptors (Lipinski definition) is 2. The van der Waals surface area contributed by atoms with Crippen LogP contribution in [0.15, 0.2) is 18.2 Å². The zero-order valence-corrected chi connectivity index (χ0v) is 12.9. The van der Waals surface area contributed by atoms with E-state index in [1.165, 1.54) is 31.2 Å². The Morgan fingerprint density at radius 1 is 1.26 bits per heavy atom. The molecule has 0 bridgehead atoms. The molecule has 0 spiro atoms. The molecule has 2 N–H and O–H groups in total. The molecule has 0 amide bonds. The van der Waals surface area contributed by atoms with E-state index in [0.717, 1.165) is 18.0 Å². The third-order valence-electron chi connectivity index (χ3n) is 3.91. The second kappa shape index (κ2) is 8.21. The van der Waals surface area contributed by atoms with E-state index in [1.807, 2.05) is 6.07 Å². The number of phenolic OH excluding ortho intramolecular Hbond substituents is 1. The molecule has 0 saturated carbocycles. The molecule has 0 aliphatic heterocycles. The predicted octanol–water partition coefficient (Wildman–Crippen LogP) is 4.57. The first-order valence-electron chi connectivity index (χ1n) is 7.61. The summed E-state index contributed by atoms with van der Waals surface area (Å²) in [5.74, 6) is 1.14. The van der Waals surface area contributed by atoms with E-state index in [0.29, 0.717) is 5.75 Å². The number of phenols is 1. The second-order valence-corrected chi connectivity index (χ2v) is 5.61.